The molecule has 0 bridgehead atoms. The highest BCUT2D eigenvalue weighted by Crippen LogP contribution is 2.50. The molecule has 1 saturated carbocycles. The topological polar surface area (TPSA) is 26.0 Å². The summed E-state index contributed by atoms with van der Waals surface area (Å²) in [6, 6.07) is 3.00. The summed E-state index contributed by atoms with van der Waals surface area (Å²) in [4.78, 5) is 0. The molecule has 2 N–H and O–H groups in total. The van der Waals surface area contributed by atoms with Crippen molar-refractivity contribution in [2.75, 3.05) is 0 Å². The minimum absolute atomic E-state index is 0.0123. The molecule has 0 spiro atoms. The van der Waals surface area contributed by atoms with Gasteiger partial charge in [0.2, 0.25) is 0 Å². The lowest BCUT2D eigenvalue weighted by Crippen LogP contribution is -2.31. The maximum absolute atomic E-state index is 13.2. The molecule has 1 aliphatic rings. The molecule has 0 radical (unpaired) electrons. The van der Waals surface area contributed by atoms with Crippen molar-refractivity contribution in [3.8, 4) is 0 Å². The van der Waals surface area contributed by atoms with Gasteiger partial charge in [-0.1, -0.05) is 6.07 Å². The minimum atomic E-state index is -0.767. The first-order chi connectivity index (χ1) is 6.97. The molecule has 1 aliphatic carbocycles. The van der Waals surface area contributed by atoms with Crippen molar-refractivity contribution in [2.45, 2.75) is 38.1 Å². The van der Waals surface area contributed by atoms with E-state index >= 15 is 0 Å². The first kappa shape index (κ1) is 10.6. The molecule has 1 aromatic rings. The van der Waals surface area contributed by atoms with Gasteiger partial charge >= 0.3 is 0 Å². The number of benzene rings is 1. The Hall–Kier alpha value is -0.960. The van der Waals surface area contributed by atoms with Crippen molar-refractivity contribution in [1.82, 2.24) is 0 Å². The van der Waals surface area contributed by atoms with E-state index in [1.54, 1.807) is 13.0 Å². The van der Waals surface area contributed by atoms with Crippen LogP contribution in [0.2, 0.25) is 0 Å². The Labute approximate surface area is 88.3 Å². The van der Waals surface area contributed by atoms with Gasteiger partial charge in [-0.05, 0) is 43.9 Å². The summed E-state index contributed by atoms with van der Waals surface area (Å²) >= 11 is 0. The van der Waals surface area contributed by atoms with Gasteiger partial charge in [-0.25, -0.2) is 8.78 Å². The number of aryl methyl sites for hydroxylation is 1. The molecule has 15 heavy (non-hydrogen) atoms. The van der Waals surface area contributed by atoms with Crippen LogP contribution >= 0.6 is 0 Å². The van der Waals surface area contributed by atoms with Gasteiger partial charge in [0, 0.05) is 11.5 Å². The van der Waals surface area contributed by atoms with Gasteiger partial charge in [0.1, 0.15) is 0 Å². The van der Waals surface area contributed by atoms with E-state index in [4.69, 9.17) is 5.73 Å². The lowest BCUT2D eigenvalue weighted by atomic mass is 9.88. The molecular weight excluding hydrogens is 196 g/mol. The molecule has 1 unspecified atom stereocenters. The second-order valence-corrected chi connectivity index (χ2v) is 4.53. The first-order valence-corrected chi connectivity index (χ1v) is 5.19. The number of halogens is 2. The lowest BCUT2D eigenvalue weighted by molar-refractivity contribution is 0.492. The van der Waals surface area contributed by atoms with E-state index < -0.39 is 11.6 Å². The highest BCUT2D eigenvalue weighted by molar-refractivity contribution is 5.37. The summed E-state index contributed by atoms with van der Waals surface area (Å²) in [6.45, 7) is 3.50. The first-order valence-electron chi connectivity index (χ1n) is 5.19. The molecule has 3 heteroatoms. The van der Waals surface area contributed by atoms with Crippen molar-refractivity contribution < 1.29 is 8.78 Å². The van der Waals surface area contributed by atoms with Crippen molar-refractivity contribution in [3.63, 3.8) is 0 Å². The van der Waals surface area contributed by atoms with Crippen LogP contribution in [0.1, 0.15) is 30.9 Å². The lowest BCUT2D eigenvalue weighted by Gasteiger charge is -2.20. The quantitative estimate of drug-likeness (QED) is 0.799. The fourth-order valence-electron chi connectivity index (χ4n) is 2.16. The van der Waals surface area contributed by atoms with Crippen LogP contribution in [0, 0.1) is 18.6 Å². The standard InChI is InChI=1S/C12H15F2N/c1-7-5-9(6-10(13)11(7)14)12(3-4-12)8(2)15/h5-6,8H,3-4,15H2,1-2H3. The monoisotopic (exact) mass is 211 g/mol. The zero-order chi connectivity index (χ0) is 11.2. The van der Waals surface area contributed by atoms with E-state index in [-0.39, 0.29) is 11.5 Å². The van der Waals surface area contributed by atoms with Crippen molar-refractivity contribution >= 4 is 0 Å². The van der Waals surface area contributed by atoms with Crippen LogP contribution in [0.3, 0.4) is 0 Å². The van der Waals surface area contributed by atoms with Crippen molar-refractivity contribution in [1.29, 1.82) is 0 Å². The Morgan fingerprint density at radius 2 is 1.93 bits per heavy atom. The van der Waals surface area contributed by atoms with Gasteiger partial charge in [0.15, 0.2) is 11.6 Å². The zero-order valence-corrected chi connectivity index (χ0v) is 8.98. The van der Waals surface area contributed by atoms with Crippen molar-refractivity contribution in [2.24, 2.45) is 5.73 Å². The van der Waals surface area contributed by atoms with Crippen LogP contribution in [0.15, 0.2) is 12.1 Å². The molecule has 0 aliphatic heterocycles. The van der Waals surface area contributed by atoms with Gasteiger partial charge in [0.25, 0.3) is 0 Å². The molecule has 1 fully saturated rings. The van der Waals surface area contributed by atoms with Crippen LogP contribution in [-0.2, 0) is 5.41 Å². The second kappa shape index (κ2) is 3.27. The van der Waals surface area contributed by atoms with Gasteiger partial charge in [0.05, 0.1) is 0 Å². The Morgan fingerprint density at radius 3 is 2.33 bits per heavy atom. The zero-order valence-electron chi connectivity index (χ0n) is 8.98. The highest BCUT2D eigenvalue weighted by Gasteiger charge is 2.47. The van der Waals surface area contributed by atoms with E-state index in [9.17, 15) is 8.78 Å². The molecule has 0 saturated heterocycles. The molecule has 0 heterocycles. The summed E-state index contributed by atoms with van der Waals surface area (Å²) in [5.74, 6) is -1.52. The van der Waals surface area contributed by atoms with Gasteiger partial charge in [-0.3, -0.25) is 0 Å². The summed E-state index contributed by atoms with van der Waals surface area (Å²) < 4.78 is 26.4. The average molecular weight is 211 g/mol. The van der Waals surface area contributed by atoms with Gasteiger partial charge in [-0.2, -0.15) is 0 Å². The predicted octanol–water partition coefficient (Wildman–Crippen LogP) is 2.65. The van der Waals surface area contributed by atoms with E-state index in [1.165, 1.54) is 6.07 Å². The molecule has 1 nitrogen and oxygen atoms in total. The fourth-order valence-corrected chi connectivity index (χ4v) is 2.16. The van der Waals surface area contributed by atoms with E-state index in [1.807, 2.05) is 6.92 Å². The van der Waals surface area contributed by atoms with E-state index in [2.05, 4.69) is 0 Å². The van der Waals surface area contributed by atoms with Gasteiger partial charge in [-0.15, -0.1) is 0 Å². The number of nitrogens with two attached hydrogens (primary N) is 1. The summed E-state index contributed by atoms with van der Waals surface area (Å²) in [5.41, 5.74) is 6.97. The predicted molar refractivity (Wildman–Crippen MR) is 55.7 cm³/mol. The molecule has 2 rings (SSSR count). The molecule has 0 amide bonds. The Kier molecular flexibility index (Phi) is 2.30. The largest absolute Gasteiger partial charge is 0.327 e. The van der Waals surface area contributed by atoms with Crippen LogP contribution < -0.4 is 5.73 Å². The Bertz CT molecular complexity index is 372. The number of hydrogen-bond acceptors (Lipinski definition) is 1. The summed E-state index contributed by atoms with van der Waals surface area (Å²) in [5, 5.41) is 0. The second-order valence-electron chi connectivity index (χ2n) is 4.53. The van der Waals surface area contributed by atoms with E-state index in [0.717, 1.165) is 18.4 Å². The maximum atomic E-state index is 13.2. The Balaban J connectivity index is 2.47. The van der Waals surface area contributed by atoms with Crippen molar-refractivity contribution in [3.05, 3.63) is 34.9 Å². The third-order valence-corrected chi connectivity index (χ3v) is 3.45. The molecule has 1 aromatic carbocycles. The third kappa shape index (κ3) is 1.55. The molecule has 1 atom stereocenters. The third-order valence-electron chi connectivity index (χ3n) is 3.45. The van der Waals surface area contributed by atoms with Crippen LogP contribution in [0.25, 0.3) is 0 Å². The Morgan fingerprint density at radius 1 is 1.33 bits per heavy atom. The van der Waals surface area contributed by atoms with Crippen LogP contribution in [0.4, 0.5) is 8.78 Å². The highest BCUT2D eigenvalue weighted by atomic mass is 19.2. The maximum Gasteiger partial charge on any atom is 0.161 e. The van der Waals surface area contributed by atoms with E-state index in [0.29, 0.717) is 5.56 Å². The summed E-state index contributed by atoms with van der Waals surface area (Å²) in [7, 11) is 0. The molecule has 0 aromatic heterocycles. The average Bonchev–Trinajstić information content (AvgIpc) is 2.93. The number of rotatable bonds is 2. The molecular formula is C12H15F2N. The fraction of sp³-hybridized carbons (Fsp3) is 0.500. The molecule has 82 valence electrons. The van der Waals surface area contributed by atoms with Gasteiger partial charge < -0.3 is 5.73 Å². The normalized spacial score (nSPS) is 20.1. The number of hydrogen-bond donors (Lipinski definition) is 1. The SMILES string of the molecule is Cc1cc(C2(C(C)N)CC2)cc(F)c1F. The summed E-state index contributed by atoms with van der Waals surface area (Å²) in [6.07, 6.45) is 1.93. The smallest absolute Gasteiger partial charge is 0.161 e. The van der Waals surface area contributed by atoms with Crippen LogP contribution in [0.5, 0.6) is 0 Å². The van der Waals surface area contributed by atoms with Crippen LogP contribution in [-0.4, -0.2) is 6.04 Å². The minimum Gasteiger partial charge on any atom is -0.327 e.